The van der Waals surface area contributed by atoms with E-state index in [1.165, 1.54) is 11.8 Å². The molecule has 1 heterocycles. The van der Waals surface area contributed by atoms with E-state index >= 15 is 0 Å². The van der Waals surface area contributed by atoms with Gasteiger partial charge in [-0.15, -0.1) is 5.10 Å². The second-order valence-corrected chi connectivity index (χ2v) is 7.42. The Morgan fingerprint density at radius 3 is 2.57 bits per heavy atom. The molecule has 136 valence electrons. The molecule has 0 unspecified atom stereocenters. The molecular formula is C22H15N3O2S. The molecule has 0 bridgehead atoms. The van der Waals surface area contributed by atoms with Gasteiger partial charge in [0.2, 0.25) is 0 Å². The maximum absolute atomic E-state index is 10.7. The van der Waals surface area contributed by atoms with E-state index in [2.05, 4.69) is 40.5 Å². The molecule has 0 aromatic heterocycles. The Balaban J connectivity index is 1.65. The van der Waals surface area contributed by atoms with Crippen molar-refractivity contribution in [2.45, 2.75) is 6.42 Å². The zero-order chi connectivity index (χ0) is 19.5. The first-order chi connectivity index (χ1) is 13.6. The molecule has 0 aliphatic carbocycles. The highest BCUT2D eigenvalue weighted by molar-refractivity contribution is 8.14. The van der Waals surface area contributed by atoms with Crippen molar-refractivity contribution in [2.24, 2.45) is 10.2 Å². The summed E-state index contributed by atoms with van der Waals surface area (Å²) in [5.41, 5.74) is 4.09. The fourth-order valence-electron chi connectivity index (χ4n) is 3.11. The van der Waals surface area contributed by atoms with Gasteiger partial charge in [-0.05, 0) is 46.2 Å². The second kappa shape index (κ2) is 7.67. The SMILES string of the molecule is N#Cc1cc(C2=NN=C(SCC(=O)O)C2)cc(-c2ccc3ccccc3c2)c1. The van der Waals surface area contributed by atoms with Gasteiger partial charge in [-0.3, -0.25) is 4.79 Å². The molecule has 1 aliphatic rings. The highest BCUT2D eigenvalue weighted by atomic mass is 32.2. The minimum absolute atomic E-state index is 0.0395. The molecule has 0 amide bonds. The Labute approximate surface area is 166 Å². The molecule has 0 radical (unpaired) electrons. The average Bonchev–Trinajstić information content (AvgIpc) is 3.20. The highest BCUT2D eigenvalue weighted by Crippen LogP contribution is 2.28. The highest BCUT2D eigenvalue weighted by Gasteiger charge is 2.17. The average molecular weight is 385 g/mol. The fraction of sp³-hybridized carbons (Fsp3) is 0.0909. The van der Waals surface area contributed by atoms with Gasteiger partial charge in [0.25, 0.3) is 0 Å². The van der Waals surface area contributed by atoms with Gasteiger partial charge < -0.3 is 5.11 Å². The summed E-state index contributed by atoms with van der Waals surface area (Å²) in [4.78, 5) is 10.7. The van der Waals surface area contributed by atoms with Gasteiger partial charge in [-0.1, -0.05) is 48.2 Å². The summed E-state index contributed by atoms with van der Waals surface area (Å²) in [6, 6.07) is 22.2. The van der Waals surface area contributed by atoms with Crippen LogP contribution < -0.4 is 0 Å². The summed E-state index contributed by atoms with van der Waals surface area (Å²) in [7, 11) is 0. The number of carboxylic acids is 1. The molecule has 1 N–H and O–H groups in total. The Morgan fingerprint density at radius 1 is 1.00 bits per heavy atom. The number of nitriles is 1. The summed E-state index contributed by atoms with van der Waals surface area (Å²) in [5, 5.41) is 29.5. The first-order valence-corrected chi connectivity index (χ1v) is 9.64. The number of benzene rings is 3. The summed E-state index contributed by atoms with van der Waals surface area (Å²) < 4.78 is 0. The number of fused-ring (bicyclic) bond motifs is 1. The Kier molecular flexibility index (Phi) is 4.92. The lowest BCUT2D eigenvalue weighted by Crippen LogP contribution is -2.05. The quantitative estimate of drug-likeness (QED) is 0.705. The monoisotopic (exact) mass is 385 g/mol. The molecule has 1 aliphatic heterocycles. The number of hydrogen-bond donors (Lipinski definition) is 1. The van der Waals surface area contributed by atoms with Crippen molar-refractivity contribution >= 4 is 39.3 Å². The molecule has 0 atom stereocenters. The lowest BCUT2D eigenvalue weighted by molar-refractivity contribution is -0.133. The molecular weight excluding hydrogens is 370 g/mol. The molecule has 0 spiro atoms. The van der Waals surface area contributed by atoms with Crippen LogP contribution in [0.2, 0.25) is 0 Å². The zero-order valence-electron chi connectivity index (χ0n) is 14.8. The molecule has 3 aromatic carbocycles. The van der Waals surface area contributed by atoms with Gasteiger partial charge in [0, 0.05) is 12.0 Å². The van der Waals surface area contributed by atoms with Crippen LogP contribution in [0.4, 0.5) is 0 Å². The second-order valence-electron chi connectivity index (χ2n) is 6.37. The van der Waals surface area contributed by atoms with Crippen molar-refractivity contribution < 1.29 is 9.90 Å². The summed E-state index contributed by atoms with van der Waals surface area (Å²) in [6.45, 7) is 0. The smallest absolute Gasteiger partial charge is 0.313 e. The van der Waals surface area contributed by atoms with Gasteiger partial charge in [0.15, 0.2) is 0 Å². The largest absolute Gasteiger partial charge is 0.481 e. The molecule has 0 saturated heterocycles. The normalized spacial score (nSPS) is 13.1. The van der Waals surface area contributed by atoms with Crippen LogP contribution in [0.3, 0.4) is 0 Å². The van der Waals surface area contributed by atoms with Crippen LogP contribution in [0, 0.1) is 11.3 Å². The van der Waals surface area contributed by atoms with E-state index in [-0.39, 0.29) is 5.75 Å². The maximum Gasteiger partial charge on any atom is 0.313 e. The lowest BCUT2D eigenvalue weighted by atomic mass is 9.96. The Morgan fingerprint density at radius 2 is 1.79 bits per heavy atom. The third kappa shape index (κ3) is 3.80. The molecule has 6 heteroatoms. The molecule has 5 nitrogen and oxygen atoms in total. The number of rotatable bonds is 4. The van der Waals surface area contributed by atoms with Crippen LogP contribution in [0.25, 0.3) is 21.9 Å². The van der Waals surface area contributed by atoms with E-state index in [1.807, 2.05) is 30.3 Å². The van der Waals surface area contributed by atoms with Crippen molar-refractivity contribution in [3.63, 3.8) is 0 Å². The van der Waals surface area contributed by atoms with Crippen molar-refractivity contribution in [3.8, 4) is 17.2 Å². The number of carboxylic acid groups (broad SMARTS) is 1. The van der Waals surface area contributed by atoms with E-state index in [0.717, 1.165) is 33.2 Å². The molecule has 3 aromatic rings. The van der Waals surface area contributed by atoms with E-state index in [4.69, 9.17) is 5.11 Å². The minimum Gasteiger partial charge on any atom is -0.481 e. The van der Waals surface area contributed by atoms with Crippen molar-refractivity contribution in [1.29, 1.82) is 5.26 Å². The molecule has 4 rings (SSSR count). The number of thioether (sulfide) groups is 1. The van der Waals surface area contributed by atoms with Gasteiger partial charge in [-0.25, -0.2) is 0 Å². The predicted molar refractivity (Wildman–Crippen MR) is 113 cm³/mol. The summed E-state index contributed by atoms with van der Waals surface area (Å²) in [6.07, 6.45) is 0.476. The first kappa shape index (κ1) is 18.0. The van der Waals surface area contributed by atoms with Gasteiger partial charge >= 0.3 is 5.97 Å². The third-order valence-electron chi connectivity index (χ3n) is 4.44. The van der Waals surface area contributed by atoms with E-state index in [1.54, 1.807) is 6.07 Å². The third-order valence-corrected chi connectivity index (χ3v) is 5.39. The topological polar surface area (TPSA) is 85.8 Å². The van der Waals surface area contributed by atoms with Crippen LogP contribution in [-0.2, 0) is 4.79 Å². The van der Waals surface area contributed by atoms with Crippen LogP contribution in [0.5, 0.6) is 0 Å². The van der Waals surface area contributed by atoms with Crippen molar-refractivity contribution in [3.05, 3.63) is 71.8 Å². The fourth-order valence-corrected chi connectivity index (χ4v) is 3.74. The number of nitrogens with zero attached hydrogens (tertiary/aromatic N) is 3. The Bertz CT molecular complexity index is 1190. The predicted octanol–water partition coefficient (Wildman–Crippen LogP) is 4.70. The van der Waals surface area contributed by atoms with Crippen LogP contribution in [0.1, 0.15) is 17.5 Å². The van der Waals surface area contributed by atoms with E-state index in [9.17, 15) is 10.1 Å². The van der Waals surface area contributed by atoms with Gasteiger partial charge in [0.1, 0.15) is 5.04 Å². The first-order valence-electron chi connectivity index (χ1n) is 8.65. The zero-order valence-corrected chi connectivity index (χ0v) is 15.6. The van der Waals surface area contributed by atoms with Crippen LogP contribution in [0.15, 0.2) is 70.9 Å². The van der Waals surface area contributed by atoms with Gasteiger partial charge in [-0.2, -0.15) is 10.4 Å². The van der Waals surface area contributed by atoms with Crippen molar-refractivity contribution in [2.75, 3.05) is 5.75 Å². The molecule has 28 heavy (non-hydrogen) atoms. The van der Waals surface area contributed by atoms with Crippen LogP contribution in [-0.4, -0.2) is 27.6 Å². The van der Waals surface area contributed by atoms with Gasteiger partial charge in [0.05, 0.1) is 23.1 Å². The number of carbonyl (C=O) groups is 1. The van der Waals surface area contributed by atoms with Crippen molar-refractivity contribution in [1.82, 2.24) is 0 Å². The number of hydrogen-bond acceptors (Lipinski definition) is 5. The minimum atomic E-state index is -0.883. The van der Waals surface area contributed by atoms with Crippen LogP contribution >= 0.6 is 11.8 Å². The molecule has 0 saturated carbocycles. The number of aliphatic carboxylic acids is 1. The summed E-state index contributed by atoms with van der Waals surface area (Å²) in [5.74, 6) is -0.923. The van der Waals surface area contributed by atoms with E-state index in [0.29, 0.717) is 17.0 Å². The summed E-state index contributed by atoms with van der Waals surface area (Å²) >= 11 is 1.17. The standard InChI is InChI=1S/C22H15N3O2S/c23-12-14-7-18(17-6-5-15-3-1-2-4-16(15)9-17)10-19(8-14)20-11-21(25-24-20)28-13-22(26)27/h1-10H,11,13H2,(H,26,27). The Hall–Kier alpha value is -3.43. The van der Waals surface area contributed by atoms with E-state index < -0.39 is 5.97 Å². The maximum atomic E-state index is 10.7. The molecule has 0 fully saturated rings. The lowest BCUT2D eigenvalue weighted by Gasteiger charge is -2.08.